The van der Waals surface area contributed by atoms with Crippen LogP contribution in [0, 0.1) is 0 Å². The highest BCUT2D eigenvalue weighted by Crippen LogP contribution is 2.16. The monoisotopic (exact) mass is 363 g/mol. The average molecular weight is 363 g/mol. The van der Waals surface area contributed by atoms with E-state index in [1.807, 2.05) is 72.8 Å². The van der Waals surface area contributed by atoms with Crippen molar-refractivity contribution in [3.8, 4) is 0 Å². The number of fused-ring (bicyclic) bond motifs is 1. The fraction of sp³-hybridized carbons (Fsp3) is 0.182. The van der Waals surface area contributed by atoms with Crippen molar-refractivity contribution in [2.24, 2.45) is 0 Å². The number of hydrogen-bond donors (Lipinski definition) is 2. The Labute approximate surface area is 157 Å². The first-order valence-electron chi connectivity index (χ1n) is 8.73. The van der Waals surface area contributed by atoms with Gasteiger partial charge < -0.3 is 15.2 Å². The van der Waals surface area contributed by atoms with Gasteiger partial charge in [0.15, 0.2) is 0 Å². The second kappa shape index (κ2) is 8.96. The maximum atomic E-state index is 12.1. The third-order valence-corrected chi connectivity index (χ3v) is 4.23. The second-order valence-corrected chi connectivity index (χ2v) is 6.32. The van der Waals surface area contributed by atoms with Crippen molar-refractivity contribution in [1.82, 2.24) is 5.32 Å². The number of carbonyl (C=O) groups is 2. The van der Waals surface area contributed by atoms with Crippen LogP contribution in [-0.2, 0) is 27.4 Å². The molecular weight excluding hydrogens is 342 g/mol. The number of carbonyl (C=O) groups excluding carboxylic acids is 1. The molecule has 0 saturated heterocycles. The van der Waals surface area contributed by atoms with Crippen LogP contribution in [0.1, 0.15) is 11.1 Å². The van der Waals surface area contributed by atoms with E-state index < -0.39 is 17.9 Å². The Bertz CT molecular complexity index is 924. The molecule has 27 heavy (non-hydrogen) atoms. The zero-order chi connectivity index (χ0) is 19.1. The van der Waals surface area contributed by atoms with Gasteiger partial charge in [-0.2, -0.15) is 0 Å². The molecule has 3 aromatic rings. The summed E-state index contributed by atoms with van der Waals surface area (Å²) in [5.41, 5.74) is 1.81. The van der Waals surface area contributed by atoms with E-state index in [1.54, 1.807) is 0 Å². The molecule has 0 aliphatic carbocycles. The van der Waals surface area contributed by atoms with E-state index in [2.05, 4.69) is 5.32 Å². The summed E-state index contributed by atoms with van der Waals surface area (Å²) in [5.74, 6) is -1.52. The van der Waals surface area contributed by atoms with Crippen molar-refractivity contribution in [2.75, 3.05) is 6.61 Å². The molecular formula is C22H21NO4. The van der Waals surface area contributed by atoms with Gasteiger partial charge in [-0.3, -0.25) is 4.79 Å². The summed E-state index contributed by atoms with van der Waals surface area (Å²) in [6.45, 7) is 0.118. The Morgan fingerprint density at radius 3 is 2.33 bits per heavy atom. The number of amides is 1. The second-order valence-electron chi connectivity index (χ2n) is 6.32. The SMILES string of the molecule is O=C(COCc1ccccc1)N[C@H](Cc1ccc2ccccc2c1)C(=O)O. The van der Waals surface area contributed by atoms with Crippen LogP contribution in [-0.4, -0.2) is 29.6 Å². The van der Waals surface area contributed by atoms with Crippen LogP contribution in [0.5, 0.6) is 0 Å². The van der Waals surface area contributed by atoms with E-state index >= 15 is 0 Å². The number of ether oxygens (including phenoxy) is 1. The maximum Gasteiger partial charge on any atom is 0.326 e. The zero-order valence-electron chi connectivity index (χ0n) is 14.8. The van der Waals surface area contributed by atoms with E-state index in [1.165, 1.54) is 0 Å². The van der Waals surface area contributed by atoms with Crippen molar-refractivity contribution in [3.05, 3.63) is 83.9 Å². The van der Waals surface area contributed by atoms with Crippen molar-refractivity contribution in [3.63, 3.8) is 0 Å². The molecule has 5 heteroatoms. The fourth-order valence-electron chi connectivity index (χ4n) is 2.87. The Hall–Kier alpha value is -3.18. The van der Waals surface area contributed by atoms with Crippen LogP contribution in [0.3, 0.4) is 0 Å². The number of rotatable bonds is 8. The Balaban J connectivity index is 1.56. The Morgan fingerprint density at radius 2 is 1.59 bits per heavy atom. The highest BCUT2D eigenvalue weighted by atomic mass is 16.5. The molecule has 2 N–H and O–H groups in total. The van der Waals surface area contributed by atoms with E-state index in [4.69, 9.17) is 4.74 Å². The number of carboxylic acid groups (broad SMARTS) is 1. The highest BCUT2D eigenvalue weighted by molar-refractivity contribution is 5.85. The molecule has 0 aliphatic rings. The van der Waals surface area contributed by atoms with Gasteiger partial charge in [0.1, 0.15) is 12.6 Å². The van der Waals surface area contributed by atoms with E-state index in [0.717, 1.165) is 21.9 Å². The molecule has 3 rings (SSSR count). The molecule has 0 unspecified atom stereocenters. The minimum absolute atomic E-state index is 0.184. The van der Waals surface area contributed by atoms with Crippen LogP contribution in [0.2, 0.25) is 0 Å². The van der Waals surface area contributed by atoms with Crippen LogP contribution in [0.4, 0.5) is 0 Å². The summed E-state index contributed by atoms with van der Waals surface area (Å²) in [5, 5.41) is 14.1. The van der Waals surface area contributed by atoms with Gasteiger partial charge in [0, 0.05) is 6.42 Å². The molecule has 1 atom stereocenters. The van der Waals surface area contributed by atoms with Gasteiger partial charge in [-0.25, -0.2) is 4.79 Å². The highest BCUT2D eigenvalue weighted by Gasteiger charge is 2.20. The molecule has 0 bridgehead atoms. The lowest BCUT2D eigenvalue weighted by Crippen LogP contribution is -2.43. The lowest BCUT2D eigenvalue weighted by molar-refractivity contribution is -0.142. The molecule has 3 aromatic carbocycles. The van der Waals surface area contributed by atoms with Gasteiger partial charge in [0.05, 0.1) is 6.61 Å². The number of nitrogens with one attached hydrogen (secondary N) is 1. The van der Waals surface area contributed by atoms with Crippen molar-refractivity contribution < 1.29 is 19.4 Å². The summed E-state index contributed by atoms with van der Waals surface area (Å²) in [6.07, 6.45) is 0.213. The molecule has 0 aliphatic heterocycles. The van der Waals surface area contributed by atoms with Gasteiger partial charge in [-0.1, -0.05) is 72.8 Å². The molecule has 0 spiro atoms. The molecule has 0 radical (unpaired) electrons. The van der Waals surface area contributed by atoms with Crippen molar-refractivity contribution >= 4 is 22.6 Å². The first kappa shape index (κ1) is 18.6. The largest absolute Gasteiger partial charge is 0.480 e. The normalized spacial score (nSPS) is 11.9. The summed E-state index contributed by atoms with van der Waals surface area (Å²) in [4.78, 5) is 23.6. The van der Waals surface area contributed by atoms with Crippen LogP contribution >= 0.6 is 0 Å². The van der Waals surface area contributed by atoms with Crippen LogP contribution in [0.15, 0.2) is 72.8 Å². The summed E-state index contributed by atoms with van der Waals surface area (Å²) in [6, 6.07) is 22.1. The molecule has 0 fully saturated rings. The molecule has 0 heterocycles. The minimum Gasteiger partial charge on any atom is -0.480 e. The molecule has 1 amide bonds. The molecule has 5 nitrogen and oxygen atoms in total. The van der Waals surface area contributed by atoms with E-state index in [9.17, 15) is 14.7 Å². The Morgan fingerprint density at radius 1 is 0.889 bits per heavy atom. The molecule has 138 valence electrons. The zero-order valence-corrected chi connectivity index (χ0v) is 14.8. The van der Waals surface area contributed by atoms with Gasteiger partial charge in [0.2, 0.25) is 5.91 Å². The van der Waals surface area contributed by atoms with E-state index in [-0.39, 0.29) is 13.0 Å². The van der Waals surface area contributed by atoms with E-state index in [0.29, 0.717) is 6.61 Å². The van der Waals surface area contributed by atoms with Crippen molar-refractivity contribution in [2.45, 2.75) is 19.1 Å². The fourth-order valence-corrected chi connectivity index (χ4v) is 2.87. The predicted octanol–water partition coefficient (Wildman–Crippen LogP) is 3.17. The van der Waals surface area contributed by atoms with Crippen LogP contribution in [0.25, 0.3) is 10.8 Å². The number of carboxylic acids is 1. The molecule has 0 saturated carbocycles. The Kier molecular flexibility index (Phi) is 6.18. The lowest BCUT2D eigenvalue weighted by atomic mass is 10.0. The van der Waals surface area contributed by atoms with Gasteiger partial charge >= 0.3 is 5.97 Å². The summed E-state index contributed by atoms with van der Waals surface area (Å²) >= 11 is 0. The number of hydrogen-bond acceptors (Lipinski definition) is 3. The third-order valence-electron chi connectivity index (χ3n) is 4.23. The molecule has 0 aromatic heterocycles. The maximum absolute atomic E-state index is 12.1. The third kappa shape index (κ3) is 5.39. The summed E-state index contributed by atoms with van der Waals surface area (Å²) < 4.78 is 5.37. The quantitative estimate of drug-likeness (QED) is 0.645. The lowest BCUT2D eigenvalue weighted by Gasteiger charge is -2.15. The summed E-state index contributed by atoms with van der Waals surface area (Å²) in [7, 11) is 0. The van der Waals surface area contributed by atoms with Crippen LogP contribution < -0.4 is 5.32 Å². The van der Waals surface area contributed by atoms with Gasteiger partial charge in [-0.15, -0.1) is 0 Å². The van der Waals surface area contributed by atoms with Gasteiger partial charge in [-0.05, 0) is 21.9 Å². The first-order chi connectivity index (χ1) is 13.1. The topological polar surface area (TPSA) is 75.6 Å². The number of benzene rings is 3. The number of aliphatic carboxylic acids is 1. The van der Waals surface area contributed by atoms with Gasteiger partial charge in [0.25, 0.3) is 0 Å². The first-order valence-corrected chi connectivity index (χ1v) is 8.73. The average Bonchev–Trinajstić information content (AvgIpc) is 2.68. The van der Waals surface area contributed by atoms with Crippen molar-refractivity contribution in [1.29, 1.82) is 0 Å². The standard InChI is InChI=1S/C22H21NO4/c24-21(15-27-14-16-6-2-1-3-7-16)23-20(22(25)26)13-17-10-11-18-8-4-5-9-19(18)12-17/h1-12,20H,13-15H2,(H,23,24)(H,25,26)/t20-/m1/s1. The minimum atomic E-state index is -1.07. The smallest absolute Gasteiger partial charge is 0.326 e. The predicted molar refractivity (Wildman–Crippen MR) is 103 cm³/mol.